The highest BCUT2D eigenvalue weighted by Crippen LogP contribution is 2.43. The predicted molar refractivity (Wildman–Crippen MR) is 174 cm³/mol. The molecule has 0 radical (unpaired) electrons. The van der Waals surface area contributed by atoms with Crippen LogP contribution in [0, 0.1) is 5.92 Å². The molecule has 0 spiro atoms. The van der Waals surface area contributed by atoms with Gasteiger partial charge in [-0.3, -0.25) is 9.78 Å². The minimum Gasteiger partial charge on any atom is -0.496 e. The lowest BCUT2D eigenvalue weighted by Crippen LogP contribution is -2.38. The van der Waals surface area contributed by atoms with Gasteiger partial charge in [0.1, 0.15) is 11.4 Å². The molecule has 1 fully saturated rings. The number of carbonyl (C=O) groups excluding carboxylic acids is 1. The van der Waals surface area contributed by atoms with E-state index in [-0.39, 0.29) is 36.3 Å². The van der Waals surface area contributed by atoms with Gasteiger partial charge in [0.2, 0.25) is 0 Å². The van der Waals surface area contributed by atoms with Gasteiger partial charge in [0.15, 0.2) is 6.29 Å². The number of nitrogens with zero attached hydrogens (tertiary/aromatic N) is 2. The lowest BCUT2D eigenvalue weighted by molar-refractivity contribution is -0.268. The zero-order valence-electron chi connectivity index (χ0n) is 25.1. The maximum Gasteiger partial charge on any atom is 0.271 e. The van der Waals surface area contributed by atoms with Gasteiger partial charge in [-0.25, -0.2) is 4.98 Å². The summed E-state index contributed by atoms with van der Waals surface area (Å²) in [6, 6.07) is 31.3. The van der Waals surface area contributed by atoms with E-state index in [9.17, 15) is 9.90 Å². The highest BCUT2D eigenvalue weighted by atomic mass is 32.2. The van der Waals surface area contributed by atoms with Crippen LogP contribution in [0.1, 0.15) is 52.1 Å². The molecular formula is C36H35N3O5S. The van der Waals surface area contributed by atoms with Crippen LogP contribution < -0.4 is 10.1 Å². The van der Waals surface area contributed by atoms with Gasteiger partial charge in [0, 0.05) is 28.7 Å². The number of thioether (sulfide) groups is 1. The normalized spacial score (nSPS) is 19.7. The number of fused-ring (bicyclic) bond motifs is 1. The molecule has 2 N–H and O–H groups in total. The molecule has 4 atom stereocenters. The van der Waals surface area contributed by atoms with Crippen molar-refractivity contribution in [3.63, 3.8) is 0 Å². The van der Waals surface area contributed by atoms with Gasteiger partial charge < -0.3 is 24.6 Å². The smallest absolute Gasteiger partial charge is 0.271 e. The van der Waals surface area contributed by atoms with E-state index in [1.54, 1.807) is 18.9 Å². The molecule has 0 aliphatic carbocycles. The highest BCUT2D eigenvalue weighted by Gasteiger charge is 2.38. The molecule has 45 heavy (non-hydrogen) atoms. The van der Waals surface area contributed by atoms with Crippen molar-refractivity contribution in [3.8, 4) is 5.75 Å². The lowest BCUT2D eigenvalue weighted by atomic mass is 9.91. The SMILES string of the molecule is COc1ccccc1SCC1OC(c2ccc(CNC(=O)c3cnc4ccccc4n3)cc2)OC(c2ccc(CO)cc2)C1C. The molecule has 0 bridgehead atoms. The Balaban J connectivity index is 1.16. The van der Waals surface area contributed by atoms with Crippen LogP contribution >= 0.6 is 11.8 Å². The first-order valence-electron chi connectivity index (χ1n) is 14.9. The summed E-state index contributed by atoms with van der Waals surface area (Å²) >= 11 is 1.70. The summed E-state index contributed by atoms with van der Waals surface area (Å²) in [5.74, 6) is 1.34. The van der Waals surface area contributed by atoms with Crippen molar-refractivity contribution in [2.45, 2.75) is 43.5 Å². The summed E-state index contributed by atoms with van der Waals surface area (Å²) in [4.78, 5) is 22.6. The van der Waals surface area contributed by atoms with Gasteiger partial charge in [-0.2, -0.15) is 0 Å². The van der Waals surface area contributed by atoms with Crippen molar-refractivity contribution >= 4 is 28.7 Å². The van der Waals surface area contributed by atoms with Crippen molar-refractivity contribution in [3.05, 3.63) is 131 Å². The fourth-order valence-corrected chi connectivity index (χ4v) is 6.55. The van der Waals surface area contributed by atoms with E-state index >= 15 is 0 Å². The fourth-order valence-electron chi connectivity index (χ4n) is 5.35. The van der Waals surface area contributed by atoms with Crippen molar-refractivity contribution in [1.29, 1.82) is 0 Å². The Kier molecular flexibility index (Phi) is 9.71. The number of para-hydroxylation sites is 3. The van der Waals surface area contributed by atoms with E-state index < -0.39 is 6.29 Å². The van der Waals surface area contributed by atoms with E-state index in [1.165, 1.54) is 6.20 Å². The Hall–Kier alpha value is -4.28. The van der Waals surface area contributed by atoms with Crippen LogP contribution in [0.2, 0.25) is 0 Å². The number of methoxy groups -OCH3 is 1. The quantitative estimate of drug-likeness (QED) is 0.167. The maximum atomic E-state index is 12.8. The third-order valence-corrected chi connectivity index (χ3v) is 9.13. The Morgan fingerprint density at radius 1 is 0.889 bits per heavy atom. The molecule has 4 unspecified atom stereocenters. The minimum atomic E-state index is -0.580. The summed E-state index contributed by atoms with van der Waals surface area (Å²) in [5.41, 5.74) is 5.42. The van der Waals surface area contributed by atoms with Gasteiger partial charge in [-0.15, -0.1) is 11.8 Å². The van der Waals surface area contributed by atoms with Crippen LogP contribution in [-0.4, -0.2) is 39.9 Å². The van der Waals surface area contributed by atoms with Gasteiger partial charge in [0.25, 0.3) is 5.91 Å². The third kappa shape index (κ3) is 7.18. The monoisotopic (exact) mass is 621 g/mol. The van der Waals surface area contributed by atoms with Gasteiger partial charge >= 0.3 is 0 Å². The number of hydrogen-bond acceptors (Lipinski definition) is 8. The van der Waals surface area contributed by atoms with Crippen LogP contribution in [0.15, 0.2) is 108 Å². The van der Waals surface area contributed by atoms with Crippen molar-refractivity contribution in [1.82, 2.24) is 15.3 Å². The molecule has 2 heterocycles. The standard InChI is InChI=1S/C36H35N3O5S/c1-23-32(22-45-33-10-6-5-9-31(33)42-2)43-36(44-34(23)26-15-13-25(21-40)14-16-26)27-17-11-24(12-18-27)19-38-35(41)30-20-37-28-7-3-4-8-29(28)39-30/h3-18,20,23,32,34,36,40H,19,21-22H2,1-2H3,(H,38,41). The molecule has 230 valence electrons. The van der Waals surface area contributed by atoms with Crippen LogP contribution in [0.3, 0.4) is 0 Å². The lowest BCUT2D eigenvalue weighted by Gasteiger charge is -2.41. The average Bonchev–Trinajstić information content (AvgIpc) is 3.10. The summed E-state index contributed by atoms with van der Waals surface area (Å²) < 4.78 is 18.8. The molecular weight excluding hydrogens is 586 g/mol. The molecule has 9 heteroatoms. The summed E-state index contributed by atoms with van der Waals surface area (Å²) in [5, 5.41) is 12.5. The third-order valence-electron chi connectivity index (χ3n) is 7.98. The largest absolute Gasteiger partial charge is 0.496 e. The van der Waals surface area contributed by atoms with Gasteiger partial charge in [0.05, 0.1) is 43.2 Å². The molecule has 0 saturated carbocycles. The van der Waals surface area contributed by atoms with Crippen molar-refractivity contribution in [2.24, 2.45) is 5.92 Å². The highest BCUT2D eigenvalue weighted by molar-refractivity contribution is 7.99. The Morgan fingerprint density at radius 2 is 1.58 bits per heavy atom. The van der Waals surface area contributed by atoms with E-state index in [1.807, 2.05) is 91.0 Å². The van der Waals surface area contributed by atoms with Crippen molar-refractivity contribution in [2.75, 3.05) is 12.9 Å². The van der Waals surface area contributed by atoms with Crippen LogP contribution in [0.5, 0.6) is 5.75 Å². The van der Waals surface area contributed by atoms with E-state index in [0.29, 0.717) is 17.8 Å². The Labute approximate surface area is 266 Å². The topological polar surface area (TPSA) is 103 Å². The molecule has 1 saturated heterocycles. The molecule has 1 aliphatic rings. The molecule has 1 aromatic heterocycles. The number of hydrogen-bond donors (Lipinski definition) is 2. The molecule has 8 nitrogen and oxygen atoms in total. The average molecular weight is 622 g/mol. The summed E-state index contributed by atoms with van der Waals surface area (Å²) in [7, 11) is 1.68. The Morgan fingerprint density at radius 3 is 2.33 bits per heavy atom. The molecule has 6 rings (SSSR count). The first-order chi connectivity index (χ1) is 22.0. The molecule has 4 aromatic carbocycles. The number of aliphatic hydroxyl groups excluding tert-OH is 1. The number of carbonyl (C=O) groups is 1. The minimum absolute atomic E-state index is 0.00622. The van der Waals surface area contributed by atoms with E-state index in [4.69, 9.17) is 14.2 Å². The van der Waals surface area contributed by atoms with Crippen molar-refractivity contribution < 1.29 is 24.1 Å². The fraction of sp³-hybridized carbons (Fsp3) is 0.250. The second-order valence-electron chi connectivity index (χ2n) is 11.0. The zero-order valence-corrected chi connectivity index (χ0v) is 25.9. The number of amides is 1. The first-order valence-corrected chi connectivity index (χ1v) is 15.9. The second-order valence-corrected chi connectivity index (χ2v) is 12.0. The Bertz CT molecular complexity index is 1750. The number of aliphatic hydroxyl groups is 1. The van der Waals surface area contributed by atoms with E-state index in [2.05, 4.69) is 28.3 Å². The number of ether oxygens (including phenoxy) is 3. The first kappa shape index (κ1) is 30.7. The van der Waals surface area contributed by atoms with Crippen LogP contribution in [-0.2, 0) is 22.6 Å². The number of rotatable bonds is 10. The van der Waals surface area contributed by atoms with Gasteiger partial charge in [-0.1, -0.05) is 79.7 Å². The second kappa shape index (κ2) is 14.2. The molecule has 5 aromatic rings. The number of benzene rings is 4. The number of nitrogens with one attached hydrogen (secondary N) is 1. The summed E-state index contributed by atoms with van der Waals surface area (Å²) in [6.07, 6.45) is 0.601. The van der Waals surface area contributed by atoms with Crippen LogP contribution in [0.25, 0.3) is 11.0 Å². The maximum absolute atomic E-state index is 12.8. The van der Waals surface area contributed by atoms with Gasteiger partial charge in [-0.05, 0) is 41.0 Å². The molecule has 1 amide bonds. The predicted octanol–water partition coefficient (Wildman–Crippen LogP) is 6.64. The zero-order chi connectivity index (χ0) is 31.2. The number of aromatic nitrogens is 2. The summed E-state index contributed by atoms with van der Waals surface area (Å²) in [6.45, 7) is 2.49. The van der Waals surface area contributed by atoms with E-state index in [0.717, 1.165) is 38.4 Å². The van der Waals surface area contributed by atoms with Crippen LogP contribution in [0.4, 0.5) is 0 Å². The molecule has 1 aliphatic heterocycles.